The van der Waals surface area contributed by atoms with Gasteiger partial charge in [0.2, 0.25) is 0 Å². The summed E-state index contributed by atoms with van der Waals surface area (Å²) in [5.41, 5.74) is 2.46. The molecule has 112 valence electrons. The lowest BCUT2D eigenvalue weighted by atomic mass is 10.0. The molecular formula is C18H23NO2. The van der Waals surface area contributed by atoms with Crippen LogP contribution in [0.15, 0.2) is 48.5 Å². The molecular weight excluding hydrogens is 262 g/mol. The van der Waals surface area contributed by atoms with Crippen molar-refractivity contribution >= 4 is 0 Å². The summed E-state index contributed by atoms with van der Waals surface area (Å²) in [4.78, 5) is 0. The lowest BCUT2D eigenvalue weighted by molar-refractivity contribution is 0.397. The Bertz CT molecular complexity index is 554. The van der Waals surface area contributed by atoms with Crippen molar-refractivity contribution < 1.29 is 9.47 Å². The number of rotatable bonds is 7. The minimum atomic E-state index is 0.475. The molecule has 0 fully saturated rings. The smallest absolute Gasteiger partial charge is 0.123 e. The maximum absolute atomic E-state index is 5.39. The van der Waals surface area contributed by atoms with E-state index in [-0.39, 0.29) is 0 Å². The molecule has 0 bridgehead atoms. The largest absolute Gasteiger partial charge is 0.497 e. The Kier molecular flexibility index (Phi) is 5.64. The maximum atomic E-state index is 5.39. The molecule has 0 aromatic heterocycles. The van der Waals surface area contributed by atoms with Crippen LogP contribution in [0, 0.1) is 0 Å². The molecule has 0 spiro atoms. The number of hydrogen-bond donors (Lipinski definition) is 1. The van der Waals surface area contributed by atoms with Gasteiger partial charge in [0.05, 0.1) is 14.2 Å². The average Bonchev–Trinajstić information content (AvgIpc) is 2.55. The average molecular weight is 285 g/mol. The summed E-state index contributed by atoms with van der Waals surface area (Å²) < 4.78 is 10.7. The third kappa shape index (κ3) is 4.23. The molecule has 1 atom stereocenters. The van der Waals surface area contributed by atoms with Gasteiger partial charge in [-0.2, -0.15) is 0 Å². The fourth-order valence-electron chi connectivity index (χ4n) is 2.34. The van der Waals surface area contributed by atoms with Crippen molar-refractivity contribution in [2.75, 3.05) is 20.8 Å². The molecule has 3 heteroatoms. The van der Waals surface area contributed by atoms with Crippen LogP contribution in [0.1, 0.15) is 24.0 Å². The van der Waals surface area contributed by atoms with Crippen molar-refractivity contribution in [1.29, 1.82) is 0 Å². The lowest BCUT2D eigenvalue weighted by Crippen LogP contribution is -2.20. The molecule has 21 heavy (non-hydrogen) atoms. The van der Waals surface area contributed by atoms with Gasteiger partial charge in [-0.15, -0.1) is 0 Å². The second-order valence-corrected chi connectivity index (χ2v) is 5.12. The highest BCUT2D eigenvalue weighted by molar-refractivity contribution is 5.40. The van der Waals surface area contributed by atoms with E-state index in [1.54, 1.807) is 14.2 Å². The molecule has 1 N–H and O–H groups in total. The first-order chi connectivity index (χ1) is 10.2. The van der Waals surface area contributed by atoms with Gasteiger partial charge in [0.15, 0.2) is 0 Å². The van der Waals surface area contributed by atoms with Crippen molar-refractivity contribution in [2.45, 2.75) is 19.4 Å². The Morgan fingerprint density at radius 2 is 1.76 bits per heavy atom. The highest BCUT2D eigenvalue weighted by Gasteiger charge is 2.07. The molecule has 2 rings (SSSR count). The van der Waals surface area contributed by atoms with Gasteiger partial charge in [0, 0.05) is 18.7 Å². The zero-order chi connectivity index (χ0) is 15.1. The van der Waals surface area contributed by atoms with Crippen LogP contribution in [0.2, 0.25) is 0 Å². The van der Waals surface area contributed by atoms with Gasteiger partial charge in [0.1, 0.15) is 11.5 Å². The molecule has 2 aromatic rings. The van der Waals surface area contributed by atoms with Crippen LogP contribution in [-0.2, 0) is 6.54 Å². The van der Waals surface area contributed by atoms with Gasteiger partial charge in [-0.05, 0) is 29.7 Å². The van der Waals surface area contributed by atoms with E-state index < -0.39 is 0 Å². The summed E-state index contributed by atoms with van der Waals surface area (Å²) in [6.45, 7) is 3.91. The van der Waals surface area contributed by atoms with Crippen LogP contribution in [0.5, 0.6) is 11.5 Å². The number of hydrogen-bond acceptors (Lipinski definition) is 3. The molecule has 0 aliphatic carbocycles. The van der Waals surface area contributed by atoms with Gasteiger partial charge < -0.3 is 14.8 Å². The minimum Gasteiger partial charge on any atom is -0.497 e. The third-order valence-corrected chi connectivity index (χ3v) is 3.62. The highest BCUT2D eigenvalue weighted by atomic mass is 16.5. The summed E-state index contributed by atoms with van der Waals surface area (Å²) in [6, 6.07) is 16.4. The minimum absolute atomic E-state index is 0.475. The van der Waals surface area contributed by atoms with E-state index in [4.69, 9.17) is 9.47 Å². The number of ether oxygens (including phenoxy) is 2. The van der Waals surface area contributed by atoms with Crippen LogP contribution in [0.4, 0.5) is 0 Å². The van der Waals surface area contributed by atoms with E-state index in [0.717, 1.165) is 30.2 Å². The van der Waals surface area contributed by atoms with Gasteiger partial charge in [-0.3, -0.25) is 0 Å². The molecule has 0 heterocycles. The van der Waals surface area contributed by atoms with Crippen molar-refractivity contribution in [3.8, 4) is 11.5 Å². The first-order valence-corrected chi connectivity index (χ1v) is 7.21. The maximum Gasteiger partial charge on any atom is 0.123 e. The summed E-state index contributed by atoms with van der Waals surface area (Å²) in [5, 5.41) is 3.49. The first-order valence-electron chi connectivity index (χ1n) is 7.21. The van der Waals surface area contributed by atoms with E-state index in [1.165, 1.54) is 5.56 Å². The molecule has 0 saturated heterocycles. The first kappa shape index (κ1) is 15.4. The molecule has 2 aromatic carbocycles. The quantitative estimate of drug-likeness (QED) is 0.843. The second kappa shape index (κ2) is 7.70. The molecule has 0 amide bonds. The van der Waals surface area contributed by atoms with E-state index in [0.29, 0.717) is 5.92 Å². The topological polar surface area (TPSA) is 30.5 Å². The van der Waals surface area contributed by atoms with Gasteiger partial charge in [0.25, 0.3) is 0 Å². The highest BCUT2D eigenvalue weighted by Crippen LogP contribution is 2.24. The number of benzene rings is 2. The summed E-state index contributed by atoms with van der Waals surface area (Å²) in [6.07, 6.45) is 0. The zero-order valence-corrected chi connectivity index (χ0v) is 12.9. The van der Waals surface area contributed by atoms with E-state index >= 15 is 0 Å². The standard InChI is InChI=1S/C18H23NO2/c1-14(15-7-5-4-6-8-15)12-19-13-16-11-17(20-2)9-10-18(16)21-3/h4-11,14,19H,12-13H2,1-3H3. The summed E-state index contributed by atoms with van der Waals surface area (Å²) >= 11 is 0. The lowest BCUT2D eigenvalue weighted by Gasteiger charge is -2.15. The fourth-order valence-corrected chi connectivity index (χ4v) is 2.34. The zero-order valence-electron chi connectivity index (χ0n) is 12.9. The Morgan fingerprint density at radius 3 is 2.43 bits per heavy atom. The summed E-state index contributed by atoms with van der Waals surface area (Å²) in [7, 11) is 3.37. The molecule has 3 nitrogen and oxygen atoms in total. The van der Waals surface area contributed by atoms with Crippen LogP contribution in [-0.4, -0.2) is 20.8 Å². The Balaban J connectivity index is 1.94. The number of methoxy groups -OCH3 is 2. The van der Waals surface area contributed by atoms with Gasteiger partial charge in [-0.1, -0.05) is 37.3 Å². The monoisotopic (exact) mass is 285 g/mol. The molecule has 0 aliphatic heterocycles. The second-order valence-electron chi connectivity index (χ2n) is 5.12. The Labute approximate surface area is 126 Å². The fraction of sp³-hybridized carbons (Fsp3) is 0.333. The van der Waals surface area contributed by atoms with Crippen LogP contribution < -0.4 is 14.8 Å². The van der Waals surface area contributed by atoms with E-state index in [9.17, 15) is 0 Å². The normalized spacial score (nSPS) is 12.0. The van der Waals surface area contributed by atoms with Gasteiger partial charge >= 0.3 is 0 Å². The third-order valence-electron chi connectivity index (χ3n) is 3.62. The molecule has 1 unspecified atom stereocenters. The molecule has 0 saturated carbocycles. The number of nitrogens with one attached hydrogen (secondary N) is 1. The van der Waals surface area contributed by atoms with Crippen LogP contribution in [0.25, 0.3) is 0 Å². The van der Waals surface area contributed by atoms with Crippen molar-refractivity contribution in [1.82, 2.24) is 5.32 Å². The van der Waals surface area contributed by atoms with Crippen LogP contribution in [0.3, 0.4) is 0 Å². The van der Waals surface area contributed by atoms with Crippen molar-refractivity contribution in [2.24, 2.45) is 0 Å². The Morgan fingerprint density at radius 1 is 1.00 bits per heavy atom. The van der Waals surface area contributed by atoms with E-state index in [1.807, 2.05) is 24.3 Å². The van der Waals surface area contributed by atoms with E-state index in [2.05, 4.69) is 36.5 Å². The van der Waals surface area contributed by atoms with Crippen molar-refractivity contribution in [3.63, 3.8) is 0 Å². The predicted molar refractivity (Wildman–Crippen MR) is 86.1 cm³/mol. The SMILES string of the molecule is COc1ccc(OC)c(CNCC(C)c2ccccc2)c1. The van der Waals surface area contributed by atoms with Crippen LogP contribution >= 0.6 is 0 Å². The van der Waals surface area contributed by atoms with Crippen molar-refractivity contribution in [3.05, 3.63) is 59.7 Å². The van der Waals surface area contributed by atoms with Gasteiger partial charge in [-0.25, -0.2) is 0 Å². The summed E-state index contributed by atoms with van der Waals surface area (Å²) in [5.74, 6) is 2.21. The molecule has 0 radical (unpaired) electrons. The molecule has 0 aliphatic rings. The Hall–Kier alpha value is -2.00. The predicted octanol–water partition coefficient (Wildman–Crippen LogP) is 3.60.